The maximum atomic E-state index is 13.0. The molecule has 0 saturated carbocycles. The van der Waals surface area contributed by atoms with Crippen LogP contribution < -0.4 is 4.83 Å². The summed E-state index contributed by atoms with van der Waals surface area (Å²) in [4.78, 5) is 3.09. The molecule has 0 aliphatic heterocycles. The summed E-state index contributed by atoms with van der Waals surface area (Å²) < 4.78 is 25.0. The van der Waals surface area contributed by atoms with Crippen molar-refractivity contribution in [2.75, 3.05) is 0 Å². The van der Waals surface area contributed by atoms with Gasteiger partial charge >= 0.3 is 0 Å². The van der Waals surface area contributed by atoms with Crippen LogP contribution in [0.15, 0.2) is 52.5 Å². The van der Waals surface area contributed by atoms with Gasteiger partial charge in [-0.05, 0) is 49.7 Å². The van der Waals surface area contributed by atoms with Gasteiger partial charge in [0, 0.05) is 5.56 Å². The first-order valence-corrected chi connectivity index (χ1v) is 8.74. The minimum absolute atomic E-state index is 0.132. The lowest BCUT2D eigenvalue weighted by atomic mass is 10.1. The number of nitrogens with zero attached hydrogens (tertiary/aromatic N) is 1. The first-order chi connectivity index (χ1) is 11.0. The number of benzene rings is 2. The highest BCUT2D eigenvalue weighted by molar-refractivity contribution is 7.83. The molecule has 2 aromatic carbocycles. The molecule has 1 N–H and O–H groups in total. The Morgan fingerprint density at radius 1 is 1.13 bits per heavy atom. The third kappa shape index (κ3) is 5.77. The van der Waals surface area contributed by atoms with Crippen LogP contribution in [0.4, 0.5) is 4.39 Å². The standard InChI is InChI=1S/C15H14ClFN2OS.C2H6/c1-10-3-6-13(7-4-10)21(20)19-18-15(16)14-8-5-12(17)9-11(14)2;1-2/h3-9,19H,1-2H3;1-2H3/b18-15-;. The van der Waals surface area contributed by atoms with Crippen molar-refractivity contribution in [1.82, 2.24) is 4.83 Å². The number of rotatable bonds is 4. The van der Waals surface area contributed by atoms with E-state index in [4.69, 9.17) is 11.6 Å². The molecule has 0 saturated heterocycles. The number of hydrazone groups is 1. The molecule has 0 radical (unpaired) electrons. The van der Waals surface area contributed by atoms with Crippen molar-refractivity contribution in [3.05, 3.63) is 65.0 Å². The van der Waals surface area contributed by atoms with Crippen LogP contribution in [0.2, 0.25) is 0 Å². The lowest BCUT2D eigenvalue weighted by Crippen LogP contribution is -2.13. The van der Waals surface area contributed by atoms with Crippen LogP contribution in [0, 0.1) is 19.7 Å². The molecule has 0 aromatic heterocycles. The van der Waals surface area contributed by atoms with E-state index in [1.54, 1.807) is 19.1 Å². The molecule has 1 atom stereocenters. The first-order valence-electron chi connectivity index (χ1n) is 7.21. The number of aryl methyl sites for hydroxylation is 2. The Morgan fingerprint density at radius 2 is 1.74 bits per heavy atom. The molecular formula is C17H20ClFN2OS. The molecule has 0 heterocycles. The van der Waals surface area contributed by atoms with Gasteiger partial charge in [-0.25, -0.2) is 13.4 Å². The molecule has 6 heteroatoms. The highest BCUT2D eigenvalue weighted by Crippen LogP contribution is 2.13. The summed E-state index contributed by atoms with van der Waals surface area (Å²) >= 11 is 6.05. The first kappa shape index (κ1) is 19.3. The Kier molecular flexibility index (Phi) is 7.92. The average molecular weight is 355 g/mol. The molecule has 124 valence electrons. The van der Waals surface area contributed by atoms with Gasteiger partial charge in [-0.1, -0.05) is 43.1 Å². The van der Waals surface area contributed by atoms with Crippen LogP contribution in [0.5, 0.6) is 0 Å². The molecule has 0 spiro atoms. The van der Waals surface area contributed by atoms with Crippen LogP contribution in [-0.4, -0.2) is 9.38 Å². The van der Waals surface area contributed by atoms with E-state index in [0.29, 0.717) is 16.0 Å². The lowest BCUT2D eigenvalue weighted by molar-refractivity contribution is 0.626. The zero-order valence-electron chi connectivity index (χ0n) is 13.6. The summed E-state index contributed by atoms with van der Waals surface area (Å²) in [6.45, 7) is 7.68. The summed E-state index contributed by atoms with van der Waals surface area (Å²) in [5.41, 5.74) is 2.33. The van der Waals surface area contributed by atoms with Crippen molar-refractivity contribution in [3.63, 3.8) is 0 Å². The van der Waals surface area contributed by atoms with Crippen molar-refractivity contribution >= 4 is 27.8 Å². The van der Waals surface area contributed by atoms with Gasteiger partial charge in [0.1, 0.15) is 5.82 Å². The molecule has 0 amide bonds. The lowest BCUT2D eigenvalue weighted by Gasteiger charge is -2.05. The van der Waals surface area contributed by atoms with Gasteiger partial charge in [0.2, 0.25) is 0 Å². The Bertz CT molecular complexity index is 702. The molecule has 0 fully saturated rings. The topological polar surface area (TPSA) is 41.5 Å². The number of halogens is 2. The second-order valence-electron chi connectivity index (χ2n) is 4.53. The minimum Gasteiger partial charge on any atom is -0.230 e. The van der Waals surface area contributed by atoms with Crippen molar-refractivity contribution in [3.8, 4) is 0 Å². The van der Waals surface area contributed by atoms with Crippen LogP contribution in [0.25, 0.3) is 0 Å². The monoisotopic (exact) mass is 354 g/mol. The third-order valence-corrected chi connectivity index (χ3v) is 4.12. The van der Waals surface area contributed by atoms with E-state index in [0.717, 1.165) is 5.56 Å². The maximum absolute atomic E-state index is 13.0. The Balaban J connectivity index is 0.00000127. The largest absolute Gasteiger partial charge is 0.230 e. The van der Waals surface area contributed by atoms with Gasteiger partial charge in [0.15, 0.2) is 16.2 Å². The third-order valence-electron chi connectivity index (χ3n) is 2.87. The van der Waals surface area contributed by atoms with Gasteiger partial charge in [0.05, 0.1) is 4.90 Å². The van der Waals surface area contributed by atoms with Gasteiger partial charge in [-0.2, -0.15) is 5.10 Å². The fourth-order valence-corrected chi connectivity index (χ4v) is 2.68. The van der Waals surface area contributed by atoms with Gasteiger partial charge in [-0.15, -0.1) is 0 Å². The van der Waals surface area contributed by atoms with E-state index in [-0.39, 0.29) is 11.0 Å². The highest BCUT2D eigenvalue weighted by Gasteiger charge is 2.07. The number of hydrogen-bond donors (Lipinski definition) is 1. The molecule has 0 aliphatic rings. The molecule has 0 aliphatic carbocycles. The smallest absolute Gasteiger partial charge is 0.166 e. The van der Waals surface area contributed by atoms with Crippen LogP contribution in [-0.2, 0) is 11.0 Å². The quantitative estimate of drug-likeness (QED) is 0.628. The molecule has 3 nitrogen and oxygen atoms in total. The molecule has 0 bridgehead atoms. The molecule has 1 unspecified atom stereocenters. The Morgan fingerprint density at radius 3 is 2.30 bits per heavy atom. The van der Waals surface area contributed by atoms with Crippen LogP contribution in [0.3, 0.4) is 0 Å². The summed E-state index contributed by atoms with van der Waals surface area (Å²) in [5, 5.41) is 4.03. The van der Waals surface area contributed by atoms with Crippen molar-refractivity contribution in [2.24, 2.45) is 5.10 Å². The summed E-state index contributed by atoms with van der Waals surface area (Å²) in [6, 6.07) is 11.4. The zero-order chi connectivity index (χ0) is 17.4. The van der Waals surface area contributed by atoms with E-state index in [1.165, 1.54) is 18.2 Å². The van der Waals surface area contributed by atoms with Crippen molar-refractivity contribution in [1.29, 1.82) is 0 Å². The van der Waals surface area contributed by atoms with Crippen molar-refractivity contribution in [2.45, 2.75) is 32.6 Å². The van der Waals surface area contributed by atoms with Gasteiger partial charge in [0.25, 0.3) is 0 Å². The second-order valence-corrected chi connectivity index (χ2v) is 6.08. The van der Waals surface area contributed by atoms with E-state index >= 15 is 0 Å². The molecule has 23 heavy (non-hydrogen) atoms. The van der Waals surface area contributed by atoms with Gasteiger partial charge < -0.3 is 0 Å². The molecular weight excluding hydrogens is 335 g/mol. The normalized spacial score (nSPS) is 12.2. The summed E-state index contributed by atoms with van der Waals surface area (Å²) in [7, 11) is -1.49. The highest BCUT2D eigenvalue weighted by atomic mass is 35.5. The van der Waals surface area contributed by atoms with Crippen LogP contribution in [0.1, 0.15) is 30.5 Å². The summed E-state index contributed by atoms with van der Waals surface area (Å²) in [6.07, 6.45) is 0. The fourth-order valence-electron chi connectivity index (χ4n) is 1.71. The van der Waals surface area contributed by atoms with E-state index in [2.05, 4.69) is 9.93 Å². The van der Waals surface area contributed by atoms with Crippen LogP contribution >= 0.6 is 11.6 Å². The predicted octanol–water partition coefficient (Wildman–Crippen LogP) is 4.68. The SMILES string of the molecule is CC.Cc1ccc(S(=O)N/N=C(\Cl)c2ccc(F)cc2C)cc1. The molecule has 2 rings (SSSR count). The fraction of sp³-hybridized carbons (Fsp3) is 0.235. The predicted molar refractivity (Wildman–Crippen MR) is 95.6 cm³/mol. The number of hydrogen-bond acceptors (Lipinski definition) is 2. The van der Waals surface area contributed by atoms with Gasteiger partial charge in [-0.3, -0.25) is 0 Å². The second kappa shape index (κ2) is 9.43. The Hall–Kier alpha value is -1.72. The maximum Gasteiger partial charge on any atom is 0.166 e. The zero-order valence-corrected chi connectivity index (χ0v) is 15.1. The Labute approximate surface area is 144 Å². The van der Waals surface area contributed by atoms with E-state index in [9.17, 15) is 8.60 Å². The van der Waals surface area contributed by atoms with Crippen molar-refractivity contribution < 1.29 is 8.60 Å². The minimum atomic E-state index is -1.49. The average Bonchev–Trinajstić information content (AvgIpc) is 2.55. The summed E-state index contributed by atoms with van der Waals surface area (Å²) in [5.74, 6) is -0.336. The van der Waals surface area contributed by atoms with E-state index in [1.807, 2.05) is 32.9 Å². The van der Waals surface area contributed by atoms with E-state index < -0.39 is 11.0 Å². The number of nitrogens with one attached hydrogen (secondary N) is 1. The molecule has 2 aromatic rings.